The van der Waals surface area contributed by atoms with Crippen molar-refractivity contribution in [3.05, 3.63) is 90.5 Å². The Morgan fingerprint density at radius 1 is 1.08 bits per heavy atom. The maximum absolute atomic E-state index is 15.0. The van der Waals surface area contributed by atoms with E-state index in [4.69, 9.17) is 9.47 Å². The first-order valence-corrected chi connectivity index (χ1v) is 20.9. The molecule has 2 saturated heterocycles. The number of hydrogen-bond donors (Lipinski definition) is 1. The summed E-state index contributed by atoms with van der Waals surface area (Å²) in [5, 5.41) is 11.2. The lowest BCUT2D eigenvalue weighted by atomic mass is 9.82. The zero-order chi connectivity index (χ0) is 35.4. The molecule has 4 aliphatic rings. The zero-order valence-corrected chi connectivity index (χ0v) is 30.4. The quantitative estimate of drug-likeness (QED) is 0.237. The first-order chi connectivity index (χ1) is 24.1. The first-order valence-electron chi connectivity index (χ1n) is 17.8. The van der Waals surface area contributed by atoms with Gasteiger partial charge in [-0.1, -0.05) is 61.6 Å². The van der Waals surface area contributed by atoms with Crippen molar-refractivity contribution in [1.82, 2.24) is 4.90 Å². The molecule has 3 aromatic carbocycles. The van der Waals surface area contributed by atoms with Gasteiger partial charge in [-0.2, -0.15) is 0 Å². The number of carbonyl (C=O) groups excluding carboxylic acids is 3. The average Bonchev–Trinajstić information content (AvgIpc) is 3.79. The van der Waals surface area contributed by atoms with Crippen molar-refractivity contribution in [3.8, 4) is 5.75 Å². The predicted octanol–water partition coefficient (Wildman–Crippen LogP) is 5.43. The molecule has 0 aromatic heterocycles. The molecule has 0 aliphatic carbocycles. The van der Waals surface area contributed by atoms with Gasteiger partial charge in [0.05, 0.1) is 51.7 Å². The number of methoxy groups -OCH3 is 1. The van der Waals surface area contributed by atoms with Gasteiger partial charge in [-0.25, -0.2) is 0 Å². The first kappa shape index (κ1) is 34.2. The number of aliphatic hydroxyl groups is 1. The summed E-state index contributed by atoms with van der Waals surface area (Å²) in [5.74, 6) is 0.234. The third-order valence-corrected chi connectivity index (χ3v) is 16.1. The normalized spacial score (nSPS) is 26.1. The largest absolute Gasteiger partial charge is 0.497 e. The van der Waals surface area contributed by atoms with Gasteiger partial charge < -0.3 is 24.4 Å². The van der Waals surface area contributed by atoms with Crippen molar-refractivity contribution in [1.29, 1.82) is 0 Å². The van der Waals surface area contributed by atoms with Crippen molar-refractivity contribution < 1.29 is 29.0 Å². The van der Waals surface area contributed by atoms with E-state index in [1.165, 1.54) is 5.19 Å². The van der Waals surface area contributed by atoms with Gasteiger partial charge in [0, 0.05) is 36.7 Å². The molecule has 4 heterocycles. The highest BCUT2D eigenvalue weighted by molar-refractivity contribution is 6.91. The van der Waals surface area contributed by atoms with Crippen LogP contribution >= 0.6 is 0 Å². The summed E-state index contributed by atoms with van der Waals surface area (Å²) in [6.45, 7) is 11.5. The van der Waals surface area contributed by atoms with Crippen molar-refractivity contribution in [2.75, 3.05) is 36.6 Å². The van der Waals surface area contributed by atoms with Gasteiger partial charge in [-0.15, -0.1) is 6.58 Å². The smallest absolute Gasteiger partial charge is 0.264 e. The molecule has 0 radical (unpaired) electrons. The third kappa shape index (κ3) is 5.31. The molecule has 9 nitrogen and oxygen atoms in total. The van der Waals surface area contributed by atoms with Crippen LogP contribution in [-0.2, 0) is 31.1 Å². The molecule has 1 N–H and O–H groups in total. The van der Waals surface area contributed by atoms with Gasteiger partial charge in [0.25, 0.3) is 5.91 Å². The van der Waals surface area contributed by atoms with Gasteiger partial charge in [-0.05, 0) is 66.8 Å². The lowest BCUT2D eigenvalue weighted by molar-refractivity contribution is -0.149. The number of fused-ring (bicyclic) bond motifs is 3. The Kier molecular flexibility index (Phi) is 8.99. The summed E-state index contributed by atoms with van der Waals surface area (Å²) in [4.78, 5) is 47.9. The predicted molar refractivity (Wildman–Crippen MR) is 197 cm³/mol. The van der Waals surface area contributed by atoms with Crippen LogP contribution in [0, 0.1) is 5.92 Å². The molecule has 50 heavy (non-hydrogen) atoms. The SMILES string of the molecule is C=CCN1C(=O)[C@@]2(O[C@@H](CC(=O)N3CCC[C@H]3CO)[C@H]([Si](C)(C)c3ccc(OC)cc3)[C@H]2C)c2cc(N3C(=O)CCc4ccccc43)ccc21. The summed E-state index contributed by atoms with van der Waals surface area (Å²) in [6.07, 6.45) is 3.98. The van der Waals surface area contributed by atoms with Crippen molar-refractivity contribution in [2.45, 2.75) is 75.4 Å². The van der Waals surface area contributed by atoms with Crippen molar-refractivity contribution >= 4 is 48.0 Å². The minimum Gasteiger partial charge on any atom is -0.497 e. The lowest BCUT2D eigenvalue weighted by Gasteiger charge is -2.37. The highest BCUT2D eigenvalue weighted by Crippen LogP contribution is 2.60. The monoisotopic (exact) mass is 693 g/mol. The summed E-state index contributed by atoms with van der Waals surface area (Å²) >= 11 is 0. The Hall–Kier alpha value is -4.25. The maximum atomic E-state index is 15.0. The summed E-state index contributed by atoms with van der Waals surface area (Å²) < 4.78 is 12.7. The van der Waals surface area contributed by atoms with Crippen LogP contribution in [0.5, 0.6) is 5.75 Å². The van der Waals surface area contributed by atoms with Crippen LogP contribution in [0.15, 0.2) is 79.4 Å². The molecular weight excluding hydrogens is 647 g/mol. The minimum atomic E-state index is -2.49. The zero-order valence-electron chi connectivity index (χ0n) is 29.4. The highest BCUT2D eigenvalue weighted by Gasteiger charge is 2.66. The molecule has 10 heteroatoms. The van der Waals surface area contributed by atoms with Crippen molar-refractivity contribution in [3.63, 3.8) is 0 Å². The second-order valence-corrected chi connectivity index (χ2v) is 19.4. The molecule has 5 atom stereocenters. The molecule has 3 amide bonds. The Balaban J connectivity index is 1.36. The van der Waals surface area contributed by atoms with Gasteiger partial charge in [0.2, 0.25) is 11.8 Å². The number of nitrogens with zero attached hydrogens (tertiary/aromatic N) is 3. The Bertz CT molecular complexity index is 1830. The molecule has 0 unspecified atom stereocenters. The van der Waals surface area contributed by atoms with Crippen LogP contribution in [-0.4, -0.2) is 74.8 Å². The van der Waals surface area contributed by atoms with Gasteiger partial charge in [0.15, 0.2) is 5.60 Å². The van der Waals surface area contributed by atoms with E-state index in [1.807, 2.05) is 48.5 Å². The number of amides is 3. The van der Waals surface area contributed by atoms with E-state index in [9.17, 15) is 19.5 Å². The molecule has 7 rings (SSSR count). The Morgan fingerprint density at radius 2 is 1.84 bits per heavy atom. The number of para-hydroxylation sites is 1. The number of ether oxygens (including phenoxy) is 2. The average molecular weight is 694 g/mol. The number of benzene rings is 3. The van der Waals surface area contributed by atoms with Gasteiger partial charge >= 0.3 is 0 Å². The summed E-state index contributed by atoms with van der Waals surface area (Å²) in [5.41, 5.74) is 2.60. The maximum Gasteiger partial charge on any atom is 0.264 e. The van der Waals surface area contributed by atoms with Crippen LogP contribution in [0.3, 0.4) is 0 Å². The topological polar surface area (TPSA) is 99.6 Å². The van der Waals surface area contributed by atoms with Crippen LogP contribution < -0.4 is 19.7 Å². The van der Waals surface area contributed by atoms with E-state index < -0.39 is 19.8 Å². The van der Waals surface area contributed by atoms with Crippen LogP contribution in [0.4, 0.5) is 17.1 Å². The number of likely N-dealkylation sites (tertiary alicyclic amines) is 1. The molecule has 262 valence electrons. The highest BCUT2D eigenvalue weighted by atomic mass is 28.3. The Morgan fingerprint density at radius 3 is 2.56 bits per heavy atom. The fourth-order valence-electron chi connectivity index (χ4n) is 9.31. The fraction of sp³-hybridized carbons (Fsp3) is 0.425. The number of carbonyl (C=O) groups is 3. The Labute approximate surface area is 295 Å². The van der Waals surface area contributed by atoms with Crippen molar-refractivity contribution in [2.24, 2.45) is 5.92 Å². The standard InChI is InChI=1S/C40H47N3O6Si/c1-6-21-42-34-19-14-28(43-33-12-8-7-10-27(33)13-20-36(43)45)23-32(34)40(39(42)47)26(2)38(50(4,5)31-17-15-30(48-3)16-18-31)35(49-40)24-37(46)41-22-9-11-29(41)25-44/h6-8,10,12,14-19,23,26,29,35,38,44H,1,9,11,13,20-22,24-25H2,2-5H3/t26-,29+,35+,38-,40+/m1/s1. The molecule has 4 aliphatic heterocycles. The van der Waals surface area contributed by atoms with E-state index in [0.717, 1.165) is 41.1 Å². The van der Waals surface area contributed by atoms with E-state index in [-0.39, 0.29) is 48.3 Å². The number of hydrogen-bond acceptors (Lipinski definition) is 6. The van der Waals surface area contributed by atoms with Crippen LogP contribution in [0.25, 0.3) is 0 Å². The summed E-state index contributed by atoms with van der Waals surface area (Å²) in [6, 6.07) is 21.7. The summed E-state index contributed by atoms with van der Waals surface area (Å²) in [7, 11) is -0.836. The van der Waals surface area contributed by atoms with E-state index in [1.54, 1.807) is 27.9 Å². The van der Waals surface area contributed by atoms with Gasteiger partial charge in [0.1, 0.15) is 5.75 Å². The molecule has 3 aromatic rings. The minimum absolute atomic E-state index is 0.00352. The fourth-order valence-corrected chi connectivity index (χ4v) is 13.3. The molecule has 0 saturated carbocycles. The third-order valence-electron chi connectivity index (χ3n) is 11.8. The van der Waals surface area contributed by atoms with E-state index in [0.29, 0.717) is 31.6 Å². The molecule has 0 bridgehead atoms. The number of aryl methyl sites for hydroxylation is 1. The van der Waals surface area contributed by atoms with E-state index in [2.05, 4.69) is 44.8 Å². The number of anilines is 3. The molecule has 2 fully saturated rings. The van der Waals surface area contributed by atoms with Gasteiger partial charge in [-0.3, -0.25) is 19.3 Å². The second-order valence-electron chi connectivity index (χ2n) is 14.7. The lowest BCUT2D eigenvalue weighted by Crippen LogP contribution is -2.52. The van der Waals surface area contributed by atoms with Crippen LogP contribution in [0.2, 0.25) is 18.6 Å². The number of aliphatic hydroxyl groups excluding tert-OH is 1. The van der Waals surface area contributed by atoms with E-state index >= 15 is 0 Å². The second kappa shape index (κ2) is 13.1. The number of rotatable bonds is 9. The molecular formula is C40H47N3O6Si. The van der Waals surface area contributed by atoms with Crippen LogP contribution in [0.1, 0.15) is 43.7 Å². The molecule has 1 spiro atoms.